The highest BCUT2D eigenvalue weighted by atomic mass is 32.2. The summed E-state index contributed by atoms with van der Waals surface area (Å²) in [6.45, 7) is 0.882. The number of thioether (sulfide) groups is 1. The normalized spacial score (nSPS) is 25.2. The third-order valence-electron chi connectivity index (χ3n) is 3.40. The molecule has 0 amide bonds. The average Bonchev–Trinajstić information content (AvgIpc) is 2.34. The van der Waals surface area contributed by atoms with E-state index in [1.807, 2.05) is 18.8 Å². The van der Waals surface area contributed by atoms with Crippen molar-refractivity contribution in [3.8, 4) is 0 Å². The number of nitrogens with one attached hydrogen (secondary N) is 2. The zero-order valence-electron chi connectivity index (χ0n) is 11.4. The highest BCUT2D eigenvalue weighted by Crippen LogP contribution is 2.27. The second-order valence-electron chi connectivity index (χ2n) is 4.97. The van der Waals surface area contributed by atoms with Gasteiger partial charge in [0.1, 0.15) is 0 Å². The molecule has 2 N–H and O–H groups in total. The third-order valence-corrected chi connectivity index (χ3v) is 6.01. The number of hydrogen-bond acceptors (Lipinski definition) is 4. The molecule has 2 unspecified atom stereocenters. The molecule has 0 saturated heterocycles. The molecule has 0 heterocycles. The number of unbranched alkanes of at least 4 members (excludes halogenated alkanes) is 1. The van der Waals surface area contributed by atoms with Crippen molar-refractivity contribution in [3.05, 3.63) is 0 Å². The molecule has 1 fully saturated rings. The van der Waals surface area contributed by atoms with E-state index in [0.717, 1.165) is 38.6 Å². The van der Waals surface area contributed by atoms with E-state index in [1.165, 1.54) is 6.42 Å². The van der Waals surface area contributed by atoms with E-state index < -0.39 is 10.0 Å². The third kappa shape index (κ3) is 6.41. The van der Waals surface area contributed by atoms with E-state index in [0.29, 0.717) is 5.25 Å². The lowest BCUT2D eigenvalue weighted by Gasteiger charge is -2.28. The monoisotopic (exact) mass is 294 g/mol. The number of sulfonamides is 1. The standard InChI is InChI=1S/C12H26N2O2S2/c1-13-8-3-4-9-18(15,16)14-11-6-5-7-12(10-11)17-2/h11-14H,3-10H2,1-2H3. The van der Waals surface area contributed by atoms with Crippen LogP contribution in [0.15, 0.2) is 0 Å². The van der Waals surface area contributed by atoms with E-state index >= 15 is 0 Å². The topological polar surface area (TPSA) is 58.2 Å². The van der Waals surface area contributed by atoms with Gasteiger partial charge in [-0.25, -0.2) is 13.1 Å². The van der Waals surface area contributed by atoms with Gasteiger partial charge in [0, 0.05) is 11.3 Å². The van der Waals surface area contributed by atoms with Gasteiger partial charge < -0.3 is 5.32 Å². The molecular formula is C12H26N2O2S2. The maximum absolute atomic E-state index is 11.9. The summed E-state index contributed by atoms with van der Waals surface area (Å²) < 4.78 is 26.7. The molecule has 0 aromatic carbocycles. The predicted octanol–water partition coefficient (Wildman–Crippen LogP) is 1.58. The van der Waals surface area contributed by atoms with Gasteiger partial charge >= 0.3 is 0 Å². The summed E-state index contributed by atoms with van der Waals surface area (Å²) >= 11 is 1.86. The van der Waals surface area contributed by atoms with Crippen molar-refractivity contribution in [2.45, 2.75) is 49.8 Å². The molecular weight excluding hydrogens is 268 g/mol. The fraction of sp³-hybridized carbons (Fsp3) is 1.00. The van der Waals surface area contributed by atoms with Gasteiger partial charge in [0.25, 0.3) is 0 Å². The second kappa shape index (κ2) is 8.40. The van der Waals surface area contributed by atoms with Crippen LogP contribution in [0.3, 0.4) is 0 Å². The first-order chi connectivity index (χ1) is 8.57. The maximum Gasteiger partial charge on any atom is 0.211 e. The molecule has 108 valence electrons. The molecule has 0 aromatic rings. The molecule has 18 heavy (non-hydrogen) atoms. The molecule has 6 heteroatoms. The van der Waals surface area contributed by atoms with Crippen LogP contribution in [-0.2, 0) is 10.0 Å². The van der Waals surface area contributed by atoms with Crippen LogP contribution in [0.2, 0.25) is 0 Å². The predicted molar refractivity (Wildman–Crippen MR) is 79.6 cm³/mol. The smallest absolute Gasteiger partial charge is 0.211 e. The van der Waals surface area contributed by atoms with Crippen molar-refractivity contribution in [2.24, 2.45) is 0 Å². The fourth-order valence-corrected chi connectivity index (χ4v) is 4.62. The molecule has 1 aliphatic rings. The largest absolute Gasteiger partial charge is 0.320 e. The van der Waals surface area contributed by atoms with Crippen molar-refractivity contribution in [1.29, 1.82) is 0 Å². The van der Waals surface area contributed by atoms with Crippen molar-refractivity contribution in [1.82, 2.24) is 10.0 Å². The van der Waals surface area contributed by atoms with Crippen LogP contribution >= 0.6 is 11.8 Å². The Kier molecular flexibility index (Phi) is 7.60. The van der Waals surface area contributed by atoms with Crippen molar-refractivity contribution in [2.75, 3.05) is 25.6 Å². The first-order valence-corrected chi connectivity index (χ1v) is 9.69. The van der Waals surface area contributed by atoms with E-state index in [2.05, 4.69) is 16.3 Å². The summed E-state index contributed by atoms with van der Waals surface area (Å²) in [5.74, 6) is 0.259. The maximum atomic E-state index is 11.9. The molecule has 0 radical (unpaired) electrons. The van der Waals surface area contributed by atoms with Gasteiger partial charge in [-0.3, -0.25) is 0 Å². The summed E-state index contributed by atoms with van der Waals surface area (Å²) in [4.78, 5) is 0. The number of rotatable bonds is 8. The molecule has 1 rings (SSSR count). The second-order valence-corrected chi connectivity index (χ2v) is 7.98. The van der Waals surface area contributed by atoms with Gasteiger partial charge in [-0.05, 0) is 52.0 Å². The summed E-state index contributed by atoms with van der Waals surface area (Å²) in [5, 5.41) is 3.65. The van der Waals surface area contributed by atoms with Gasteiger partial charge in [0.2, 0.25) is 10.0 Å². The highest BCUT2D eigenvalue weighted by molar-refractivity contribution is 7.99. The van der Waals surface area contributed by atoms with Crippen LogP contribution in [0.25, 0.3) is 0 Å². The van der Waals surface area contributed by atoms with Crippen LogP contribution < -0.4 is 10.0 Å². The van der Waals surface area contributed by atoms with Gasteiger partial charge in [-0.1, -0.05) is 6.42 Å². The summed E-state index contributed by atoms with van der Waals surface area (Å²) in [6, 6.07) is 0.158. The van der Waals surface area contributed by atoms with Crippen molar-refractivity contribution < 1.29 is 8.42 Å². The first-order valence-electron chi connectivity index (χ1n) is 6.75. The Labute approximate surface area is 116 Å². The molecule has 0 aliphatic heterocycles. The lowest BCUT2D eigenvalue weighted by molar-refractivity contribution is 0.420. The minimum Gasteiger partial charge on any atom is -0.320 e. The minimum atomic E-state index is -3.08. The zero-order chi connectivity index (χ0) is 13.4. The van der Waals surface area contributed by atoms with Crippen LogP contribution in [0.5, 0.6) is 0 Å². The lowest BCUT2D eigenvalue weighted by Crippen LogP contribution is -2.40. The van der Waals surface area contributed by atoms with E-state index in [-0.39, 0.29) is 11.8 Å². The van der Waals surface area contributed by atoms with Crippen molar-refractivity contribution in [3.63, 3.8) is 0 Å². The molecule has 1 saturated carbocycles. The summed E-state index contributed by atoms with van der Waals surface area (Å²) in [5.41, 5.74) is 0. The Morgan fingerprint density at radius 3 is 2.72 bits per heavy atom. The first kappa shape index (κ1) is 16.3. The van der Waals surface area contributed by atoms with E-state index in [9.17, 15) is 8.42 Å². The van der Waals surface area contributed by atoms with Gasteiger partial charge in [0.15, 0.2) is 0 Å². The molecule has 4 nitrogen and oxygen atoms in total. The van der Waals surface area contributed by atoms with Gasteiger partial charge in [-0.2, -0.15) is 11.8 Å². The average molecular weight is 294 g/mol. The Morgan fingerprint density at radius 2 is 2.06 bits per heavy atom. The molecule has 0 spiro atoms. The Morgan fingerprint density at radius 1 is 1.28 bits per heavy atom. The highest BCUT2D eigenvalue weighted by Gasteiger charge is 2.24. The Bertz CT molecular complexity index is 320. The number of hydrogen-bond donors (Lipinski definition) is 2. The SMILES string of the molecule is CNCCCCS(=O)(=O)NC1CCCC(SC)C1. The fourth-order valence-electron chi connectivity index (χ4n) is 2.37. The van der Waals surface area contributed by atoms with Crippen LogP contribution in [0.1, 0.15) is 38.5 Å². The van der Waals surface area contributed by atoms with Crippen LogP contribution in [-0.4, -0.2) is 45.3 Å². The summed E-state index contributed by atoms with van der Waals surface area (Å²) in [7, 11) is -1.19. The molecule has 0 aromatic heterocycles. The summed E-state index contributed by atoms with van der Waals surface area (Å²) in [6.07, 6.45) is 8.09. The Balaban J connectivity index is 2.30. The van der Waals surface area contributed by atoms with Gasteiger partial charge in [0.05, 0.1) is 5.75 Å². The Hall–Kier alpha value is 0.220. The molecule has 1 aliphatic carbocycles. The van der Waals surface area contributed by atoms with Crippen LogP contribution in [0, 0.1) is 0 Å². The quantitative estimate of drug-likeness (QED) is 0.667. The van der Waals surface area contributed by atoms with Crippen molar-refractivity contribution >= 4 is 21.8 Å². The minimum absolute atomic E-state index is 0.158. The molecule has 0 bridgehead atoms. The van der Waals surface area contributed by atoms with Crippen LogP contribution in [0.4, 0.5) is 0 Å². The van der Waals surface area contributed by atoms with E-state index in [1.54, 1.807) is 0 Å². The van der Waals surface area contributed by atoms with Gasteiger partial charge in [-0.15, -0.1) is 0 Å². The molecule has 2 atom stereocenters. The lowest BCUT2D eigenvalue weighted by atomic mass is 9.96. The van der Waals surface area contributed by atoms with E-state index in [4.69, 9.17) is 0 Å². The zero-order valence-corrected chi connectivity index (χ0v) is 13.1.